The van der Waals surface area contributed by atoms with Crippen LogP contribution in [0.5, 0.6) is 0 Å². The van der Waals surface area contributed by atoms with Gasteiger partial charge in [-0.25, -0.2) is 9.97 Å². The Kier molecular flexibility index (Phi) is 4.93. The van der Waals surface area contributed by atoms with E-state index >= 15 is 0 Å². The van der Waals surface area contributed by atoms with Crippen LogP contribution in [-0.2, 0) is 12.3 Å². The smallest absolute Gasteiger partial charge is 0.139 e. The first-order valence-corrected chi connectivity index (χ1v) is 7.34. The Morgan fingerprint density at radius 3 is 2.26 bits per heavy atom. The van der Waals surface area contributed by atoms with Gasteiger partial charge in [-0.2, -0.15) is 0 Å². The number of aryl methyl sites for hydroxylation is 2. The fraction of sp³-hybridized carbons (Fsp3) is 0.333. The van der Waals surface area contributed by atoms with Crippen LogP contribution in [0.3, 0.4) is 0 Å². The van der Waals surface area contributed by atoms with Crippen molar-refractivity contribution in [3.05, 3.63) is 53.1 Å². The first-order valence-electron chi connectivity index (χ1n) is 6.36. The van der Waals surface area contributed by atoms with E-state index in [1.807, 2.05) is 13.1 Å². The maximum Gasteiger partial charge on any atom is 0.139 e. The molecule has 0 saturated carbocycles. The molecule has 2 aromatic rings. The summed E-state index contributed by atoms with van der Waals surface area (Å²) in [5.41, 5.74) is 3.35. The van der Waals surface area contributed by atoms with Crippen LogP contribution >= 0.6 is 11.8 Å². The molecule has 0 unspecified atom stereocenters. The topological polar surface area (TPSA) is 37.8 Å². The molecule has 100 valence electrons. The fourth-order valence-corrected chi connectivity index (χ4v) is 2.75. The summed E-state index contributed by atoms with van der Waals surface area (Å²) in [6.45, 7) is 4.93. The molecular weight excluding hydrogens is 254 g/mol. The van der Waals surface area contributed by atoms with E-state index in [-0.39, 0.29) is 0 Å². The molecule has 0 aliphatic rings. The first-order chi connectivity index (χ1) is 9.20. The van der Waals surface area contributed by atoms with Crippen molar-refractivity contribution in [3.63, 3.8) is 0 Å². The third kappa shape index (κ3) is 3.78. The summed E-state index contributed by atoms with van der Waals surface area (Å²) in [6, 6.07) is 10.4. The number of hydrogen-bond acceptors (Lipinski definition) is 4. The normalized spacial score (nSPS) is 10.7. The van der Waals surface area contributed by atoms with Crippen molar-refractivity contribution >= 4 is 11.8 Å². The molecule has 0 aliphatic heterocycles. The van der Waals surface area contributed by atoms with Gasteiger partial charge in [0, 0.05) is 28.4 Å². The van der Waals surface area contributed by atoms with Gasteiger partial charge in [0.2, 0.25) is 0 Å². The number of hydrogen-bond donors (Lipinski definition) is 1. The van der Waals surface area contributed by atoms with E-state index in [2.05, 4.69) is 53.4 Å². The quantitative estimate of drug-likeness (QED) is 0.850. The number of benzene rings is 1. The highest BCUT2D eigenvalue weighted by atomic mass is 32.2. The summed E-state index contributed by atoms with van der Waals surface area (Å²) >= 11 is 1.77. The number of thioether (sulfide) groups is 1. The highest BCUT2D eigenvalue weighted by Crippen LogP contribution is 2.21. The van der Waals surface area contributed by atoms with Gasteiger partial charge in [-0.3, -0.25) is 0 Å². The summed E-state index contributed by atoms with van der Waals surface area (Å²) in [7, 11) is 1.94. The van der Waals surface area contributed by atoms with E-state index in [0.29, 0.717) is 0 Å². The molecule has 0 bridgehead atoms. The average molecular weight is 273 g/mol. The van der Waals surface area contributed by atoms with Crippen LogP contribution in [0, 0.1) is 13.8 Å². The zero-order valence-electron chi connectivity index (χ0n) is 11.6. The Balaban J connectivity index is 2.09. The molecular formula is C15H19N3S. The van der Waals surface area contributed by atoms with Gasteiger partial charge in [-0.1, -0.05) is 18.2 Å². The lowest BCUT2D eigenvalue weighted by atomic mass is 10.1. The van der Waals surface area contributed by atoms with Crippen LogP contribution in [0.15, 0.2) is 35.2 Å². The van der Waals surface area contributed by atoms with E-state index in [1.165, 1.54) is 10.5 Å². The largest absolute Gasteiger partial charge is 0.316 e. The minimum absolute atomic E-state index is 0.811. The van der Waals surface area contributed by atoms with E-state index in [4.69, 9.17) is 0 Å². The Hall–Kier alpha value is -1.39. The molecule has 19 heavy (non-hydrogen) atoms. The predicted octanol–water partition coefficient (Wildman–Crippen LogP) is 3.11. The number of nitrogens with zero attached hydrogens (tertiary/aromatic N) is 2. The van der Waals surface area contributed by atoms with E-state index in [0.717, 1.165) is 29.5 Å². The first kappa shape index (κ1) is 14.0. The number of rotatable bonds is 5. The molecule has 1 N–H and O–H groups in total. The van der Waals surface area contributed by atoms with Gasteiger partial charge in [-0.15, -0.1) is 11.8 Å². The highest BCUT2D eigenvalue weighted by Gasteiger charge is 2.08. The second-order valence-electron chi connectivity index (χ2n) is 4.42. The van der Waals surface area contributed by atoms with Gasteiger partial charge in [0.25, 0.3) is 0 Å². The third-order valence-electron chi connectivity index (χ3n) is 2.93. The molecule has 1 heterocycles. The van der Waals surface area contributed by atoms with Gasteiger partial charge < -0.3 is 5.32 Å². The maximum absolute atomic E-state index is 4.60. The summed E-state index contributed by atoms with van der Waals surface area (Å²) < 4.78 is 0. The predicted molar refractivity (Wildman–Crippen MR) is 80.3 cm³/mol. The molecule has 0 spiro atoms. The van der Waals surface area contributed by atoms with Crippen molar-refractivity contribution in [3.8, 4) is 0 Å². The molecule has 0 fully saturated rings. The fourth-order valence-electron chi connectivity index (χ4n) is 1.97. The van der Waals surface area contributed by atoms with Crippen molar-refractivity contribution in [1.82, 2.24) is 15.3 Å². The number of nitrogens with one attached hydrogen (secondary N) is 1. The van der Waals surface area contributed by atoms with Crippen LogP contribution in [0.1, 0.15) is 22.8 Å². The molecule has 0 aliphatic carbocycles. The molecule has 0 atom stereocenters. The molecule has 1 aromatic carbocycles. The van der Waals surface area contributed by atoms with Crippen molar-refractivity contribution in [2.24, 2.45) is 0 Å². The lowest BCUT2D eigenvalue weighted by molar-refractivity contribution is 0.778. The van der Waals surface area contributed by atoms with E-state index in [9.17, 15) is 0 Å². The standard InChI is InChI=1S/C15H19N3S/c1-11-14(9-16-3)12(2)18-15(17-11)10-19-13-7-5-4-6-8-13/h4-8,16H,9-10H2,1-3H3. The van der Waals surface area contributed by atoms with Crippen molar-refractivity contribution in [1.29, 1.82) is 0 Å². The summed E-state index contributed by atoms with van der Waals surface area (Å²) in [4.78, 5) is 10.4. The zero-order valence-corrected chi connectivity index (χ0v) is 12.4. The zero-order chi connectivity index (χ0) is 13.7. The maximum atomic E-state index is 4.60. The van der Waals surface area contributed by atoms with Crippen LogP contribution in [-0.4, -0.2) is 17.0 Å². The second-order valence-corrected chi connectivity index (χ2v) is 5.47. The molecule has 1 aromatic heterocycles. The lowest BCUT2D eigenvalue weighted by Crippen LogP contribution is -2.12. The molecule has 2 rings (SSSR count). The van der Waals surface area contributed by atoms with Gasteiger partial charge in [0.15, 0.2) is 0 Å². The number of aromatic nitrogens is 2. The minimum Gasteiger partial charge on any atom is -0.316 e. The van der Waals surface area contributed by atoms with Crippen molar-refractivity contribution in [2.75, 3.05) is 7.05 Å². The minimum atomic E-state index is 0.811. The Morgan fingerprint density at radius 2 is 1.68 bits per heavy atom. The SMILES string of the molecule is CNCc1c(C)nc(CSc2ccccc2)nc1C. The molecule has 0 radical (unpaired) electrons. The average Bonchev–Trinajstić information content (AvgIpc) is 2.42. The van der Waals surface area contributed by atoms with E-state index < -0.39 is 0 Å². The molecule has 3 nitrogen and oxygen atoms in total. The Labute approximate surface area is 118 Å². The second kappa shape index (κ2) is 6.68. The van der Waals surface area contributed by atoms with Crippen LogP contribution in [0.4, 0.5) is 0 Å². The summed E-state index contributed by atoms with van der Waals surface area (Å²) in [6.07, 6.45) is 0. The van der Waals surface area contributed by atoms with Crippen molar-refractivity contribution < 1.29 is 0 Å². The molecule has 0 amide bonds. The van der Waals surface area contributed by atoms with E-state index in [1.54, 1.807) is 11.8 Å². The van der Waals surface area contributed by atoms with Crippen LogP contribution in [0.2, 0.25) is 0 Å². The van der Waals surface area contributed by atoms with Gasteiger partial charge >= 0.3 is 0 Å². The van der Waals surface area contributed by atoms with Crippen LogP contribution < -0.4 is 5.32 Å². The molecule has 4 heteroatoms. The third-order valence-corrected chi connectivity index (χ3v) is 3.94. The summed E-state index contributed by atoms with van der Waals surface area (Å²) in [5.74, 6) is 1.72. The monoisotopic (exact) mass is 273 g/mol. The van der Waals surface area contributed by atoms with Gasteiger partial charge in [0.05, 0.1) is 5.75 Å². The summed E-state index contributed by atoms with van der Waals surface area (Å²) in [5, 5.41) is 3.16. The molecule has 0 saturated heterocycles. The van der Waals surface area contributed by atoms with Gasteiger partial charge in [0.1, 0.15) is 5.82 Å². The van der Waals surface area contributed by atoms with Crippen LogP contribution in [0.25, 0.3) is 0 Å². The Bertz CT molecular complexity index is 517. The van der Waals surface area contributed by atoms with Crippen molar-refractivity contribution in [2.45, 2.75) is 31.0 Å². The highest BCUT2D eigenvalue weighted by molar-refractivity contribution is 7.98. The Morgan fingerprint density at radius 1 is 1.05 bits per heavy atom. The van der Waals surface area contributed by atoms with Gasteiger partial charge in [-0.05, 0) is 33.0 Å². The lowest BCUT2D eigenvalue weighted by Gasteiger charge is -2.10.